The Balaban J connectivity index is 4.43. The van der Waals surface area contributed by atoms with Gasteiger partial charge >= 0.3 is 0 Å². The zero-order valence-electron chi connectivity index (χ0n) is 8.13. The van der Waals surface area contributed by atoms with Crippen LogP contribution in [0.3, 0.4) is 0 Å². The number of likely N-dealkylation sites (N-methyl/N-ethyl adjacent to an activating group) is 1. The van der Waals surface area contributed by atoms with Gasteiger partial charge in [0.15, 0.2) is 0 Å². The Morgan fingerprint density at radius 1 is 1.27 bits per heavy atom. The quantitative estimate of drug-likeness (QED) is 0.459. The Bertz CT molecular complexity index is 107. The van der Waals surface area contributed by atoms with Crippen LogP contribution in [0.5, 0.6) is 0 Å². The van der Waals surface area contributed by atoms with Crippen molar-refractivity contribution in [1.29, 1.82) is 0 Å². The fourth-order valence-electron chi connectivity index (χ4n) is 1.67. The van der Waals surface area contributed by atoms with Crippen molar-refractivity contribution in [3.63, 3.8) is 0 Å². The molecule has 1 atom stereocenters. The van der Waals surface area contributed by atoms with Crippen molar-refractivity contribution >= 4 is 0 Å². The van der Waals surface area contributed by atoms with Crippen molar-refractivity contribution in [3.05, 3.63) is 0 Å². The minimum Gasteiger partial charge on any atom is -0.361 e. The number of rotatable bonds is 3. The Kier molecular flexibility index (Phi) is 3.06. The molecule has 0 radical (unpaired) electrons. The summed E-state index contributed by atoms with van der Waals surface area (Å²) in [5.41, 5.74) is 0. The summed E-state index contributed by atoms with van der Waals surface area (Å²) >= 11 is 0. The molecule has 0 aliphatic carbocycles. The maximum absolute atomic E-state index is 9.35. The first-order valence-electron chi connectivity index (χ1n) is 3.95. The lowest BCUT2D eigenvalue weighted by Crippen LogP contribution is -2.57. The van der Waals surface area contributed by atoms with Crippen LogP contribution in [0, 0.1) is 0 Å². The predicted molar refractivity (Wildman–Crippen MR) is 45.0 cm³/mol. The monoisotopic (exact) mass is 162 g/mol. The van der Waals surface area contributed by atoms with E-state index in [4.69, 9.17) is 0 Å². The molecular weight excluding hydrogens is 142 g/mol. The number of aliphatic hydroxyl groups is 2. The van der Waals surface area contributed by atoms with Gasteiger partial charge in [-0.25, -0.2) is 0 Å². The molecule has 3 nitrogen and oxygen atoms in total. The second-order valence-corrected chi connectivity index (χ2v) is 4.13. The third-order valence-corrected chi connectivity index (χ3v) is 1.95. The zero-order chi connectivity index (χ0) is 9.28. The number of quaternary nitrogens is 1. The first-order valence-corrected chi connectivity index (χ1v) is 3.95. The van der Waals surface area contributed by atoms with Crippen LogP contribution in [0.25, 0.3) is 0 Å². The lowest BCUT2D eigenvalue weighted by atomic mass is 10.0. The molecule has 0 aliphatic rings. The highest BCUT2D eigenvalue weighted by Gasteiger charge is 2.37. The van der Waals surface area contributed by atoms with Gasteiger partial charge in [-0.3, -0.25) is 0 Å². The smallest absolute Gasteiger partial charge is 0.213 e. The van der Waals surface area contributed by atoms with Gasteiger partial charge in [-0.1, -0.05) is 6.92 Å². The van der Waals surface area contributed by atoms with Gasteiger partial charge in [-0.05, 0) is 6.92 Å². The largest absolute Gasteiger partial charge is 0.361 e. The highest BCUT2D eigenvalue weighted by molar-refractivity contribution is 4.69. The maximum atomic E-state index is 9.35. The second kappa shape index (κ2) is 3.09. The van der Waals surface area contributed by atoms with E-state index in [1.807, 2.05) is 28.1 Å². The molecule has 0 fully saturated rings. The Morgan fingerprint density at radius 2 is 1.64 bits per heavy atom. The van der Waals surface area contributed by atoms with Crippen LogP contribution in [-0.4, -0.2) is 47.7 Å². The lowest BCUT2D eigenvalue weighted by molar-refractivity contribution is -0.907. The molecule has 0 aromatic carbocycles. The molecule has 1 unspecified atom stereocenters. The normalized spacial score (nSPS) is 16.6. The van der Waals surface area contributed by atoms with Crippen molar-refractivity contribution in [2.75, 3.05) is 21.1 Å². The van der Waals surface area contributed by atoms with Crippen LogP contribution in [0.4, 0.5) is 0 Å². The summed E-state index contributed by atoms with van der Waals surface area (Å²) in [5.74, 6) is -1.58. The lowest BCUT2D eigenvalue weighted by Gasteiger charge is -2.39. The Labute approximate surface area is 68.9 Å². The minimum absolute atomic E-state index is 0.137. The van der Waals surface area contributed by atoms with Crippen LogP contribution in [0.1, 0.15) is 20.3 Å². The molecule has 0 saturated heterocycles. The predicted octanol–water partition coefficient (Wildman–Crippen LogP) is 0.172. The van der Waals surface area contributed by atoms with Crippen molar-refractivity contribution in [3.8, 4) is 0 Å². The SMILES string of the molecule is CCC(C(C)(O)O)[N+](C)(C)C. The summed E-state index contributed by atoms with van der Waals surface area (Å²) in [6, 6.07) is -0.137. The van der Waals surface area contributed by atoms with Crippen molar-refractivity contribution < 1.29 is 14.7 Å². The molecule has 0 heterocycles. The van der Waals surface area contributed by atoms with E-state index in [1.54, 1.807) is 0 Å². The average Bonchev–Trinajstić information content (AvgIpc) is 1.56. The third-order valence-electron chi connectivity index (χ3n) is 1.95. The highest BCUT2D eigenvalue weighted by Crippen LogP contribution is 2.18. The number of nitrogens with zero attached hydrogens (tertiary/aromatic N) is 1. The molecule has 11 heavy (non-hydrogen) atoms. The van der Waals surface area contributed by atoms with Gasteiger partial charge in [0.1, 0.15) is 6.04 Å². The molecular formula is C8H20NO2+. The van der Waals surface area contributed by atoms with Crippen LogP contribution < -0.4 is 0 Å². The molecule has 0 spiro atoms. The molecule has 3 heteroatoms. The molecule has 0 rings (SSSR count). The summed E-state index contributed by atoms with van der Waals surface area (Å²) < 4.78 is 0.569. The zero-order valence-corrected chi connectivity index (χ0v) is 8.13. The van der Waals surface area contributed by atoms with E-state index < -0.39 is 5.79 Å². The van der Waals surface area contributed by atoms with Crippen LogP contribution in [0.2, 0.25) is 0 Å². The number of hydrogen-bond donors (Lipinski definition) is 2. The van der Waals surface area contributed by atoms with Crippen molar-refractivity contribution in [2.24, 2.45) is 0 Å². The van der Waals surface area contributed by atoms with E-state index >= 15 is 0 Å². The molecule has 0 aromatic heterocycles. The number of hydrogen-bond acceptors (Lipinski definition) is 2. The van der Waals surface area contributed by atoms with Gasteiger partial charge < -0.3 is 14.7 Å². The van der Waals surface area contributed by atoms with E-state index in [2.05, 4.69) is 0 Å². The molecule has 0 saturated carbocycles. The van der Waals surface area contributed by atoms with Crippen molar-refractivity contribution in [1.82, 2.24) is 0 Å². The second-order valence-electron chi connectivity index (χ2n) is 4.13. The van der Waals surface area contributed by atoms with E-state index in [0.29, 0.717) is 4.48 Å². The molecule has 0 amide bonds. The highest BCUT2D eigenvalue weighted by atomic mass is 16.5. The van der Waals surface area contributed by atoms with E-state index in [1.165, 1.54) is 6.92 Å². The van der Waals surface area contributed by atoms with Gasteiger partial charge in [0.25, 0.3) is 0 Å². The molecule has 0 aliphatic heterocycles. The average molecular weight is 162 g/mol. The van der Waals surface area contributed by atoms with Gasteiger partial charge in [0, 0.05) is 6.42 Å². The molecule has 2 N–H and O–H groups in total. The standard InChI is InChI=1S/C8H20NO2/c1-6-7(8(2,10)11)9(3,4)5/h7,10-11H,6H2,1-5H3/q+1. The van der Waals surface area contributed by atoms with E-state index in [-0.39, 0.29) is 6.04 Å². The summed E-state index contributed by atoms with van der Waals surface area (Å²) in [7, 11) is 5.87. The molecule has 0 bridgehead atoms. The van der Waals surface area contributed by atoms with E-state index in [9.17, 15) is 10.2 Å². The summed E-state index contributed by atoms with van der Waals surface area (Å²) in [5, 5.41) is 18.7. The first-order chi connectivity index (χ1) is 4.69. The van der Waals surface area contributed by atoms with Crippen LogP contribution >= 0.6 is 0 Å². The summed E-state index contributed by atoms with van der Waals surface area (Å²) in [6.45, 7) is 3.39. The first kappa shape index (κ1) is 10.9. The Morgan fingerprint density at radius 3 is 1.64 bits per heavy atom. The van der Waals surface area contributed by atoms with Crippen molar-refractivity contribution in [2.45, 2.75) is 32.1 Å². The van der Waals surface area contributed by atoms with Gasteiger partial charge in [-0.2, -0.15) is 0 Å². The Hall–Kier alpha value is -0.120. The third kappa shape index (κ3) is 3.18. The molecule has 68 valence electrons. The molecule has 0 aromatic rings. The topological polar surface area (TPSA) is 40.5 Å². The van der Waals surface area contributed by atoms with Gasteiger partial charge in [-0.15, -0.1) is 0 Å². The summed E-state index contributed by atoms with van der Waals surface area (Å²) in [6.07, 6.45) is 0.757. The van der Waals surface area contributed by atoms with Crippen LogP contribution in [-0.2, 0) is 0 Å². The fourth-order valence-corrected chi connectivity index (χ4v) is 1.67. The maximum Gasteiger partial charge on any atom is 0.213 e. The van der Waals surface area contributed by atoms with Crippen LogP contribution in [0.15, 0.2) is 0 Å². The fraction of sp³-hybridized carbons (Fsp3) is 1.00. The minimum atomic E-state index is -1.58. The van der Waals surface area contributed by atoms with Gasteiger partial charge in [0.05, 0.1) is 21.1 Å². The van der Waals surface area contributed by atoms with Gasteiger partial charge in [0.2, 0.25) is 5.79 Å². The van der Waals surface area contributed by atoms with E-state index in [0.717, 1.165) is 6.42 Å². The summed E-state index contributed by atoms with van der Waals surface area (Å²) in [4.78, 5) is 0.